The maximum atomic E-state index is 12.8. The van der Waals surface area contributed by atoms with E-state index in [0.29, 0.717) is 32.7 Å². The molecule has 24 heavy (non-hydrogen) atoms. The Labute approximate surface area is 141 Å². The molecule has 1 saturated heterocycles. The van der Waals surface area contributed by atoms with Gasteiger partial charge in [-0.15, -0.1) is 0 Å². The molecular formula is C16H20N4O3S. The van der Waals surface area contributed by atoms with Gasteiger partial charge in [-0.2, -0.15) is 4.31 Å². The molecule has 0 unspecified atom stereocenters. The molecule has 0 atom stereocenters. The van der Waals surface area contributed by atoms with Gasteiger partial charge in [0.15, 0.2) is 0 Å². The highest BCUT2D eigenvalue weighted by molar-refractivity contribution is 7.89. The monoisotopic (exact) mass is 348 g/mol. The average Bonchev–Trinajstić information content (AvgIpc) is 2.61. The second kappa shape index (κ2) is 6.74. The van der Waals surface area contributed by atoms with E-state index in [9.17, 15) is 13.2 Å². The van der Waals surface area contributed by atoms with Crippen molar-refractivity contribution in [2.24, 2.45) is 0 Å². The van der Waals surface area contributed by atoms with Gasteiger partial charge in [0.25, 0.3) is 0 Å². The lowest BCUT2D eigenvalue weighted by Gasteiger charge is -2.33. The molecule has 0 aliphatic carbocycles. The van der Waals surface area contributed by atoms with Gasteiger partial charge < -0.3 is 10.2 Å². The van der Waals surface area contributed by atoms with Crippen LogP contribution in [0.2, 0.25) is 0 Å². The number of urea groups is 1. The summed E-state index contributed by atoms with van der Waals surface area (Å²) in [5.41, 5.74) is 0.762. The fourth-order valence-electron chi connectivity index (χ4n) is 2.76. The Bertz CT molecular complexity index is 845. The van der Waals surface area contributed by atoms with Gasteiger partial charge in [0.05, 0.1) is 10.4 Å². The van der Waals surface area contributed by atoms with Gasteiger partial charge in [0.1, 0.15) is 0 Å². The maximum absolute atomic E-state index is 12.8. The van der Waals surface area contributed by atoms with Crippen LogP contribution >= 0.6 is 0 Å². The molecule has 1 N–H and O–H groups in total. The number of sulfonamides is 1. The van der Waals surface area contributed by atoms with E-state index in [2.05, 4.69) is 10.3 Å². The van der Waals surface area contributed by atoms with Crippen LogP contribution in [0.5, 0.6) is 0 Å². The smallest absolute Gasteiger partial charge is 0.317 e. The van der Waals surface area contributed by atoms with Crippen LogP contribution in [-0.4, -0.2) is 61.4 Å². The van der Waals surface area contributed by atoms with Crippen molar-refractivity contribution in [1.82, 2.24) is 19.5 Å². The zero-order valence-corrected chi connectivity index (χ0v) is 14.3. The summed E-state index contributed by atoms with van der Waals surface area (Å²) >= 11 is 0. The first-order valence-electron chi connectivity index (χ1n) is 7.90. The number of carbonyl (C=O) groups is 1. The van der Waals surface area contributed by atoms with Crippen molar-refractivity contribution in [2.75, 3.05) is 32.7 Å². The molecule has 3 rings (SSSR count). The van der Waals surface area contributed by atoms with E-state index in [4.69, 9.17) is 0 Å². The van der Waals surface area contributed by atoms with Crippen molar-refractivity contribution in [3.8, 4) is 0 Å². The summed E-state index contributed by atoms with van der Waals surface area (Å²) in [4.78, 5) is 17.9. The van der Waals surface area contributed by atoms with E-state index >= 15 is 0 Å². The molecule has 0 bridgehead atoms. The van der Waals surface area contributed by atoms with E-state index in [1.54, 1.807) is 35.4 Å². The lowest BCUT2D eigenvalue weighted by molar-refractivity contribution is 0.173. The number of hydrogen-bond acceptors (Lipinski definition) is 4. The summed E-state index contributed by atoms with van der Waals surface area (Å²) in [6.45, 7) is 3.78. The van der Waals surface area contributed by atoms with Gasteiger partial charge in [-0.1, -0.05) is 6.07 Å². The number of fused-ring (bicyclic) bond motifs is 1. The van der Waals surface area contributed by atoms with Crippen LogP contribution in [0.15, 0.2) is 41.4 Å². The minimum atomic E-state index is -3.57. The number of hydrogen-bond donors (Lipinski definition) is 1. The third-order valence-corrected chi connectivity index (χ3v) is 5.96. The van der Waals surface area contributed by atoms with Crippen molar-refractivity contribution in [1.29, 1.82) is 0 Å². The Balaban J connectivity index is 1.77. The summed E-state index contributed by atoms with van der Waals surface area (Å²) in [6, 6.07) is 8.42. The normalized spacial score (nSPS) is 16.3. The number of aromatic nitrogens is 1. The number of benzene rings is 1. The van der Waals surface area contributed by atoms with Crippen LogP contribution in [0.4, 0.5) is 4.79 Å². The number of nitrogens with zero attached hydrogens (tertiary/aromatic N) is 3. The van der Waals surface area contributed by atoms with Gasteiger partial charge in [-0.05, 0) is 31.2 Å². The van der Waals surface area contributed by atoms with Crippen molar-refractivity contribution in [2.45, 2.75) is 11.8 Å². The largest absolute Gasteiger partial charge is 0.338 e. The first-order chi connectivity index (χ1) is 11.5. The maximum Gasteiger partial charge on any atom is 0.317 e. The Morgan fingerprint density at radius 2 is 1.96 bits per heavy atom. The molecule has 2 aromatic rings. The average molecular weight is 348 g/mol. The zero-order valence-electron chi connectivity index (χ0n) is 13.5. The molecule has 1 aliphatic rings. The quantitative estimate of drug-likeness (QED) is 0.905. The number of pyridine rings is 1. The minimum Gasteiger partial charge on any atom is -0.338 e. The summed E-state index contributed by atoms with van der Waals surface area (Å²) in [5, 5.41) is 3.52. The third-order valence-electron chi connectivity index (χ3n) is 4.07. The molecule has 0 spiro atoms. The second-order valence-electron chi connectivity index (χ2n) is 5.58. The van der Waals surface area contributed by atoms with Crippen molar-refractivity contribution >= 4 is 27.0 Å². The lowest BCUT2D eigenvalue weighted by Crippen LogP contribution is -2.53. The topological polar surface area (TPSA) is 82.6 Å². The number of amides is 2. The molecule has 1 aliphatic heterocycles. The summed E-state index contributed by atoms with van der Waals surface area (Å²) in [5.74, 6) is 0. The van der Waals surface area contributed by atoms with Crippen molar-refractivity contribution in [3.63, 3.8) is 0 Å². The number of nitrogens with one attached hydrogen (secondary N) is 1. The molecule has 0 radical (unpaired) electrons. The minimum absolute atomic E-state index is 0.147. The van der Waals surface area contributed by atoms with Gasteiger partial charge in [-0.25, -0.2) is 13.2 Å². The molecule has 8 heteroatoms. The molecule has 1 fully saturated rings. The zero-order chi connectivity index (χ0) is 17.2. The Morgan fingerprint density at radius 1 is 1.21 bits per heavy atom. The van der Waals surface area contributed by atoms with E-state index in [0.717, 1.165) is 10.9 Å². The summed E-state index contributed by atoms with van der Waals surface area (Å²) in [7, 11) is -3.57. The van der Waals surface area contributed by atoms with Gasteiger partial charge in [-0.3, -0.25) is 4.98 Å². The van der Waals surface area contributed by atoms with Crippen molar-refractivity contribution in [3.05, 3.63) is 36.5 Å². The molecule has 0 saturated carbocycles. The van der Waals surface area contributed by atoms with Crippen LogP contribution in [0.1, 0.15) is 6.92 Å². The number of piperazine rings is 1. The lowest BCUT2D eigenvalue weighted by atomic mass is 10.2. The highest BCUT2D eigenvalue weighted by Gasteiger charge is 2.30. The Kier molecular flexibility index (Phi) is 4.68. The van der Waals surface area contributed by atoms with Crippen LogP contribution in [0, 0.1) is 0 Å². The molecule has 1 aromatic carbocycles. The second-order valence-corrected chi connectivity index (χ2v) is 7.52. The highest BCUT2D eigenvalue weighted by Crippen LogP contribution is 2.21. The van der Waals surface area contributed by atoms with E-state index in [1.807, 2.05) is 13.0 Å². The van der Waals surface area contributed by atoms with Crippen LogP contribution in [0.25, 0.3) is 10.9 Å². The van der Waals surface area contributed by atoms with Crippen molar-refractivity contribution < 1.29 is 13.2 Å². The van der Waals surface area contributed by atoms with Crippen LogP contribution in [0.3, 0.4) is 0 Å². The van der Waals surface area contributed by atoms with E-state index < -0.39 is 10.0 Å². The van der Waals surface area contributed by atoms with Crippen LogP contribution < -0.4 is 5.32 Å². The highest BCUT2D eigenvalue weighted by atomic mass is 32.2. The van der Waals surface area contributed by atoms with Gasteiger partial charge >= 0.3 is 6.03 Å². The fraction of sp³-hybridized carbons (Fsp3) is 0.375. The molecule has 128 valence electrons. The standard InChI is InChI=1S/C16H20N4O3S/c1-2-17-16(21)19-8-10-20(11-9-19)24(22,23)14-5-6-15-13(12-14)4-3-7-18-15/h3-7,12H,2,8-11H2,1H3,(H,17,21). The molecular weight excluding hydrogens is 328 g/mol. The predicted octanol–water partition coefficient (Wildman–Crippen LogP) is 1.27. The molecule has 2 amide bonds. The number of carbonyl (C=O) groups excluding carboxylic acids is 1. The number of rotatable bonds is 3. The Hall–Kier alpha value is -2.19. The predicted molar refractivity (Wildman–Crippen MR) is 91.1 cm³/mol. The Morgan fingerprint density at radius 3 is 2.67 bits per heavy atom. The summed E-state index contributed by atoms with van der Waals surface area (Å²) < 4.78 is 27.1. The molecule has 1 aromatic heterocycles. The SMILES string of the molecule is CCNC(=O)N1CCN(S(=O)(=O)c2ccc3ncccc3c2)CC1. The third kappa shape index (κ3) is 3.20. The first-order valence-corrected chi connectivity index (χ1v) is 9.34. The van der Waals surface area contributed by atoms with E-state index in [1.165, 1.54) is 4.31 Å². The van der Waals surface area contributed by atoms with E-state index in [-0.39, 0.29) is 10.9 Å². The summed E-state index contributed by atoms with van der Waals surface area (Å²) in [6.07, 6.45) is 1.68. The van der Waals surface area contributed by atoms with Gasteiger partial charge in [0, 0.05) is 44.3 Å². The van der Waals surface area contributed by atoms with Crippen LogP contribution in [-0.2, 0) is 10.0 Å². The van der Waals surface area contributed by atoms with Gasteiger partial charge in [0.2, 0.25) is 10.0 Å². The molecule has 2 heterocycles. The fourth-order valence-corrected chi connectivity index (χ4v) is 4.22. The first kappa shape index (κ1) is 16.7. The molecule has 7 nitrogen and oxygen atoms in total.